The van der Waals surface area contributed by atoms with Gasteiger partial charge in [-0.1, -0.05) is 29.3 Å². The summed E-state index contributed by atoms with van der Waals surface area (Å²) in [4.78, 5) is 11.3. The van der Waals surface area contributed by atoms with Crippen LogP contribution in [0.25, 0.3) is 0 Å². The zero-order valence-corrected chi connectivity index (χ0v) is 11.1. The van der Waals surface area contributed by atoms with Crippen molar-refractivity contribution in [2.24, 2.45) is 0 Å². The van der Waals surface area contributed by atoms with Gasteiger partial charge in [0.15, 0.2) is 0 Å². The Hall–Kier alpha value is -1.03. The zero-order valence-electron chi connectivity index (χ0n) is 9.55. The number of anilines is 1. The van der Waals surface area contributed by atoms with Crippen LogP contribution in [0, 0.1) is 6.92 Å². The molecule has 0 radical (unpaired) electrons. The minimum Gasteiger partial charge on any atom is -0.449 e. The monoisotopic (exact) mass is 285 g/mol. The van der Waals surface area contributed by atoms with E-state index >= 15 is 0 Å². The predicted octanol–water partition coefficient (Wildman–Crippen LogP) is 4.11. The van der Waals surface area contributed by atoms with Gasteiger partial charge in [-0.15, -0.1) is 0 Å². The van der Waals surface area contributed by atoms with Crippen LogP contribution in [0.15, 0.2) is 22.7 Å². The molecule has 3 nitrogen and oxygen atoms in total. The Balaban J connectivity index is 2.46. The number of carbonyl (C=O) groups excluding carboxylic acids is 1. The lowest BCUT2D eigenvalue weighted by Crippen LogP contribution is -2.14. The molecule has 0 spiro atoms. The SMILES string of the molecule is CCCCOC(=O)Nc1ccc(Br)c(C)c1. The third-order valence-electron chi connectivity index (χ3n) is 2.14. The average Bonchev–Trinajstić information content (AvgIpc) is 2.24. The zero-order chi connectivity index (χ0) is 12.0. The Morgan fingerprint density at radius 2 is 2.25 bits per heavy atom. The van der Waals surface area contributed by atoms with Gasteiger partial charge in [-0.05, 0) is 37.1 Å². The van der Waals surface area contributed by atoms with E-state index in [-0.39, 0.29) is 0 Å². The van der Waals surface area contributed by atoms with Crippen molar-refractivity contribution in [1.29, 1.82) is 0 Å². The summed E-state index contributed by atoms with van der Waals surface area (Å²) < 4.78 is 6.02. The second kappa shape index (κ2) is 6.53. The molecule has 0 fully saturated rings. The van der Waals surface area contributed by atoms with Crippen LogP contribution >= 0.6 is 15.9 Å². The standard InChI is InChI=1S/C12H16BrNO2/c1-3-4-7-16-12(15)14-10-5-6-11(13)9(2)8-10/h5-6,8H,3-4,7H2,1-2H3,(H,14,15). The molecule has 4 heteroatoms. The summed E-state index contributed by atoms with van der Waals surface area (Å²) >= 11 is 3.40. The van der Waals surface area contributed by atoms with Crippen LogP contribution in [0.3, 0.4) is 0 Å². The first-order chi connectivity index (χ1) is 7.63. The molecule has 0 atom stereocenters. The van der Waals surface area contributed by atoms with Gasteiger partial charge in [-0.25, -0.2) is 4.79 Å². The van der Waals surface area contributed by atoms with Crippen molar-refractivity contribution in [2.75, 3.05) is 11.9 Å². The Morgan fingerprint density at radius 1 is 1.50 bits per heavy atom. The average molecular weight is 286 g/mol. The molecule has 1 aromatic rings. The van der Waals surface area contributed by atoms with Gasteiger partial charge >= 0.3 is 6.09 Å². The van der Waals surface area contributed by atoms with Crippen molar-refractivity contribution in [3.63, 3.8) is 0 Å². The molecule has 0 aliphatic heterocycles. The summed E-state index contributed by atoms with van der Waals surface area (Å²) in [7, 11) is 0. The number of hydrogen-bond donors (Lipinski definition) is 1. The lowest BCUT2D eigenvalue weighted by atomic mass is 10.2. The number of hydrogen-bond acceptors (Lipinski definition) is 2. The smallest absolute Gasteiger partial charge is 0.411 e. The van der Waals surface area contributed by atoms with Gasteiger partial charge in [0.05, 0.1) is 6.61 Å². The first kappa shape index (κ1) is 13.0. The van der Waals surface area contributed by atoms with Crippen molar-refractivity contribution in [3.8, 4) is 0 Å². The van der Waals surface area contributed by atoms with Crippen LogP contribution in [0.1, 0.15) is 25.3 Å². The van der Waals surface area contributed by atoms with E-state index in [1.807, 2.05) is 25.1 Å². The summed E-state index contributed by atoms with van der Waals surface area (Å²) in [6.07, 6.45) is 1.52. The van der Waals surface area contributed by atoms with Gasteiger partial charge in [0.25, 0.3) is 0 Å². The maximum Gasteiger partial charge on any atom is 0.411 e. The Bertz CT molecular complexity index is 366. The van der Waals surface area contributed by atoms with E-state index in [2.05, 4.69) is 28.2 Å². The molecule has 0 saturated carbocycles. The molecule has 0 aliphatic rings. The predicted molar refractivity (Wildman–Crippen MR) is 68.8 cm³/mol. The third-order valence-corrected chi connectivity index (χ3v) is 3.03. The fraction of sp³-hybridized carbons (Fsp3) is 0.417. The fourth-order valence-corrected chi connectivity index (χ4v) is 1.43. The van der Waals surface area contributed by atoms with Crippen LogP contribution in [0.2, 0.25) is 0 Å². The van der Waals surface area contributed by atoms with Gasteiger partial charge < -0.3 is 4.74 Å². The van der Waals surface area contributed by atoms with Gasteiger partial charge in [-0.3, -0.25) is 5.32 Å². The number of halogens is 1. The summed E-state index contributed by atoms with van der Waals surface area (Å²) in [5.41, 5.74) is 1.83. The summed E-state index contributed by atoms with van der Waals surface area (Å²) in [5.74, 6) is 0. The lowest BCUT2D eigenvalue weighted by molar-refractivity contribution is 0.160. The molecule has 1 amide bonds. The number of nitrogens with one attached hydrogen (secondary N) is 1. The van der Waals surface area contributed by atoms with Crippen LogP contribution in [0.5, 0.6) is 0 Å². The quantitative estimate of drug-likeness (QED) is 0.846. The fourth-order valence-electron chi connectivity index (χ4n) is 1.19. The van der Waals surface area contributed by atoms with E-state index in [0.29, 0.717) is 6.61 Å². The van der Waals surface area contributed by atoms with Crippen molar-refractivity contribution in [2.45, 2.75) is 26.7 Å². The minimum absolute atomic E-state index is 0.393. The third kappa shape index (κ3) is 4.23. The maximum absolute atomic E-state index is 11.3. The van der Waals surface area contributed by atoms with Crippen molar-refractivity contribution in [1.82, 2.24) is 0 Å². The molecule has 88 valence electrons. The van der Waals surface area contributed by atoms with E-state index in [9.17, 15) is 4.79 Å². The highest BCUT2D eigenvalue weighted by Crippen LogP contribution is 2.19. The first-order valence-corrected chi connectivity index (χ1v) is 6.12. The molecule has 0 bridgehead atoms. The summed E-state index contributed by atoms with van der Waals surface area (Å²) in [5, 5.41) is 2.69. The van der Waals surface area contributed by atoms with Gasteiger partial charge in [0.2, 0.25) is 0 Å². The molecule has 0 unspecified atom stereocenters. The second-order valence-corrected chi connectivity index (χ2v) is 4.43. The van der Waals surface area contributed by atoms with Crippen LogP contribution in [-0.2, 0) is 4.74 Å². The van der Waals surface area contributed by atoms with Crippen molar-refractivity contribution >= 4 is 27.7 Å². The largest absolute Gasteiger partial charge is 0.449 e. The number of aryl methyl sites for hydroxylation is 1. The number of ether oxygens (including phenoxy) is 1. The van der Waals surface area contributed by atoms with Crippen LogP contribution in [-0.4, -0.2) is 12.7 Å². The number of amides is 1. The topological polar surface area (TPSA) is 38.3 Å². The molecule has 0 heterocycles. The lowest BCUT2D eigenvalue weighted by Gasteiger charge is -2.07. The van der Waals surface area contributed by atoms with Gasteiger partial charge in [-0.2, -0.15) is 0 Å². The number of unbranched alkanes of at least 4 members (excludes halogenated alkanes) is 1. The van der Waals surface area contributed by atoms with Gasteiger partial charge in [0, 0.05) is 10.2 Å². The molecular formula is C12H16BrNO2. The molecule has 1 N–H and O–H groups in total. The highest BCUT2D eigenvalue weighted by atomic mass is 79.9. The Kier molecular flexibility index (Phi) is 5.32. The molecule has 0 saturated heterocycles. The number of carbonyl (C=O) groups is 1. The molecule has 0 aromatic heterocycles. The van der Waals surface area contributed by atoms with Crippen molar-refractivity contribution in [3.05, 3.63) is 28.2 Å². The van der Waals surface area contributed by atoms with E-state index in [0.717, 1.165) is 28.6 Å². The van der Waals surface area contributed by atoms with Crippen LogP contribution < -0.4 is 5.32 Å². The molecule has 1 aromatic carbocycles. The molecule has 0 aliphatic carbocycles. The number of benzene rings is 1. The summed E-state index contributed by atoms with van der Waals surface area (Å²) in [6.45, 7) is 4.49. The highest BCUT2D eigenvalue weighted by Gasteiger charge is 2.03. The Labute approximate surface area is 104 Å². The highest BCUT2D eigenvalue weighted by molar-refractivity contribution is 9.10. The van der Waals surface area contributed by atoms with Crippen molar-refractivity contribution < 1.29 is 9.53 Å². The number of rotatable bonds is 4. The molecule has 1 rings (SSSR count). The van der Waals surface area contributed by atoms with E-state index < -0.39 is 6.09 Å². The molecule has 16 heavy (non-hydrogen) atoms. The van der Waals surface area contributed by atoms with Gasteiger partial charge in [0.1, 0.15) is 0 Å². The first-order valence-electron chi connectivity index (χ1n) is 5.33. The minimum atomic E-state index is -0.393. The Morgan fingerprint density at radius 3 is 2.88 bits per heavy atom. The van der Waals surface area contributed by atoms with E-state index in [1.165, 1.54) is 0 Å². The van der Waals surface area contributed by atoms with E-state index in [1.54, 1.807) is 0 Å². The normalized spacial score (nSPS) is 9.94. The summed E-state index contributed by atoms with van der Waals surface area (Å²) in [6, 6.07) is 5.63. The second-order valence-electron chi connectivity index (χ2n) is 3.58. The van der Waals surface area contributed by atoms with Crippen LogP contribution in [0.4, 0.5) is 10.5 Å². The maximum atomic E-state index is 11.3. The van der Waals surface area contributed by atoms with E-state index in [4.69, 9.17) is 4.74 Å². The molecular weight excluding hydrogens is 270 g/mol.